The molecular weight excluding hydrogens is 214 g/mol. The minimum absolute atomic E-state index is 0.00519. The molecule has 7 nitrogen and oxygen atoms in total. The molecule has 0 aliphatic rings. The van der Waals surface area contributed by atoms with Crippen molar-refractivity contribution in [3.8, 4) is 0 Å². The predicted octanol–water partition coefficient (Wildman–Crippen LogP) is 0.346. The highest BCUT2D eigenvalue weighted by molar-refractivity contribution is 5.86. The second-order valence-electron chi connectivity index (χ2n) is 3.60. The maximum absolute atomic E-state index is 11.1. The lowest BCUT2D eigenvalue weighted by Crippen LogP contribution is -2.24. The minimum atomic E-state index is -1.02. The van der Waals surface area contributed by atoms with Crippen LogP contribution in [0.25, 0.3) is 0 Å². The van der Waals surface area contributed by atoms with Crippen LogP contribution in [0.5, 0.6) is 0 Å². The molecule has 1 aromatic rings. The monoisotopic (exact) mass is 227 g/mol. The Hall–Kier alpha value is -1.92. The number of ether oxygens (including phenoxy) is 1. The maximum atomic E-state index is 11.1. The molecule has 0 bridgehead atoms. The minimum Gasteiger partial charge on any atom is -0.480 e. The van der Waals surface area contributed by atoms with Crippen molar-refractivity contribution in [1.82, 2.24) is 15.0 Å². The summed E-state index contributed by atoms with van der Waals surface area (Å²) in [5, 5.41) is 16.2. The van der Waals surface area contributed by atoms with Gasteiger partial charge in [0.1, 0.15) is 0 Å². The first-order chi connectivity index (χ1) is 7.47. The molecule has 1 atom stereocenters. The van der Waals surface area contributed by atoms with Gasteiger partial charge in [-0.3, -0.25) is 0 Å². The van der Waals surface area contributed by atoms with Crippen molar-refractivity contribution in [2.24, 2.45) is 5.92 Å². The van der Waals surface area contributed by atoms with E-state index in [-0.39, 0.29) is 11.6 Å². The fourth-order valence-corrected chi connectivity index (χ4v) is 1.31. The number of hydrogen-bond acceptors (Lipinski definition) is 5. The predicted molar refractivity (Wildman–Crippen MR) is 52.9 cm³/mol. The van der Waals surface area contributed by atoms with Crippen molar-refractivity contribution in [3.63, 3.8) is 0 Å². The molecule has 0 aromatic carbocycles. The molecule has 1 N–H and O–H groups in total. The van der Waals surface area contributed by atoms with Gasteiger partial charge in [0.15, 0.2) is 11.7 Å². The number of hydrogen-bond donors (Lipinski definition) is 1. The van der Waals surface area contributed by atoms with Gasteiger partial charge in [-0.1, -0.05) is 19.1 Å². The van der Waals surface area contributed by atoms with Gasteiger partial charge in [0, 0.05) is 0 Å². The lowest BCUT2D eigenvalue weighted by Gasteiger charge is -2.15. The molecule has 1 aromatic heterocycles. The molecule has 0 amide bonds. The van der Waals surface area contributed by atoms with Gasteiger partial charge in [-0.05, 0) is 5.92 Å². The van der Waals surface area contributed by atoms with Crippen LogP contribution in [0, 0.1) is 5.92 Å². The number of methoxy groups -OCH3 is 1. The smallest absolute Gasteiger partial charge is 0.360 e. The summed E-state index contributed by atoms with van der Waals surface area (Å²) in [5.74, 6) is -1.82. The van der Waals surface area contributed by atoms with Crippen LogP contribution in [0.3, 0.4) is 0 Å². The van der Waals surface area contributed by atoms with E-state index in [1.165, 1.54) is 13.3 Å². The summed E-state index contributed by atoms with van der Waals surface area (Å²) < 4.78 is 5.60. The molecule has 88 valence electrons. The van der Waals surface area contributed by atoms with Gasteiger partial charge >= 0.3 is 11.9 Å². The summed E-state index contributed by atoms with van der Waals surface area (Å²) in [5.41, 5.74) is -0.00519. The van der Waals surface area contributed by atoms with Gasteiger partial charge in [0.05, 0.1) is 13.3 Å². The van der Waals surface area contributed by atoms with Crippen molar-refractivity contribution < 1.29 is 19.4 Å². The van der Waals surface area contributed by atoms with Gasteiger partial charge < -0.3 is 9.84 Å². The van der Waals surface area contributed by atoms with E-state index in [2.05, 4.69) is 15.0 Å². The van der Waals surface area contributed by atoms with Gasteiger partial charge in [0.25, 0.3) is 0 Å². The number of aromatic nitrogens is 3. The van der Waals surface area contributed by atoms with E-state index >= 15 is 0 Å². The van der Waals surface area contributed by atoms with E-state index in [4.69, 9.17) is 5.11 Å². The summed E-state index contributed by atoms with van der Waals surface area (Å²) in [7, 11) is 1.22. The van der Waals surface area contributed by atoms with Crippen LogP contribution in [0.15, 0.2) is 6.20 Å². The van der Waals surface area contributed by atoms with E-state index in [0.29, 0.717) is 0 Å². The van der Waals surface area contributed by atoms with Crippen LogP contribution in [0.2, 0.25) is 0 Å². The fraction of sp³-hybridized carbons (Fsp3) is 0.556. The van der Waals surface area contributed by atoms with E-state index in [1.54, 1.807) is 13.8 Å². The molecule has 0 aliphatic heterocycles. The summed E-state index contributed by atoms with van der Waals surface area (Å²) in [6.07, 6.45) is 1.27. The van der Waals surface area contributed by atoms with Crippen LogP contribution in [0.1, 0.15) is 30.4 Å². The summed E-state index contributed by atoms with van der Waals surface area (Å²) in [6, 6.07) is -0.842. The number of esters is 1. The summed E-state index contributed by atoms with van der Waals surface area (Å²) in [6.45, 7) is 3.50. The first-order valence-electron chi connectivity index (χ1n) is 4.70. The van der Waals surface area contributed by atoms with E-state index in [0.717, 1.165) is 4.68 Å². The number of nitrogens with zero attached hydrogens (tertiary/aromatic N) is 3. The molecule has 1 rings (SSSR count). The Balaban J connectivity index is 2.99. The zero-order valence-electron chi connectivity index (χ0n) is 9.25. The van der Waals surface area contributed by atoms with Crippen LogP contribution in [-0.2, 0) is 9.53 Å². The van der Waals surface area contributed by atoms with E-state index < -0.39 is 18.0 Å². The van der Waals surface area contributed by atoms with Gasteiger partial charge in [-0.25, -0.2) is 14.3 Å². The first-order valence-corrected chi connectivity index (χ1v) is 4.70. The lowest BCUT2D eigenvalue weighted by molar-refractivity contribution is -0.142. The maximum Gasteiger partial charge on any atom is 0.360 e. The Labute approximate surface area is 92.0 Å². The molecule has 0 aliphatic carbocycles. The quantitative estimate of drug-likeness (QED) is 0.745. The second kappa shape index (κ2) is 4.73. The molecule has 0 saturated carbocycles. The largest absolute Gasteiger partial charge is 0.480 e. The zero-order valence-corrected chi connectivity index (χ0v) is 9.25. The van der Waals surface area contributed by atoms with Crippen LogP contribution < -0.4 is 0 Å². The third kappa shape index (κ3) is 2.36. The fourth-order valence-electron chi connectivity index (χ4n) is 1.31. The Morgan fingerprint density at radius 2 is 2.12 bits per heavy atom. The topological polar surface area (TPSA) is 94.3 Å². The number of carboxylic acids is 1. The molecule has 0 radical (unpaired) electrons. The van der Waals surface area contributed by atoms with Crippen LogP contribution in [-0.4, -0.2) is 39.1 Å². The number of carbonyl (C=O) groups excluding carboxylic acids is 1. The number of aliphatic carboxylic acids is 1. The Kier molecular flexibility index (Phi) is 3.60. The molecule has 1 unspecified atom stereocenters. The van der Waals surface area contributed by atoms with Crippen molar-refractivity contribution >= 4 is 11.9 Å². The van der Waals surface area contributed by atoms with Crippen molar-refractivity contribution in [1.29, 1.82) is 0 Å². The summed E-state index contributed by atoms with van der Waals surface area (Å²) in [4.78, 5) is 22.1. The first kappa shape index (κ1) is 12.2. The molecule has 0 spiro atoms. The Bertz CT molecular complexity index is 399. The molecule has 0 fully saturated rings. The van der Waals surface area contributed by atoms with Gasteiger partial charge in [-0.15, -0.1) is 5.10 Å². The normalized spacial score (nSPS) is 12.5. The highest BCUT2D eigenvalue weighted by atomic mass is 16.5. The molecule has 1 heterocycles. The van der Waals surface area contributed by atoms with E-state index in [9.17, 15) is 9.59 Å². The van der Waals surface area contributed by atoms with Gasteiger partial charge in [0.2, 0.25) is 0 Å². The molecule has 0 saturated heterocycles. The standard InChI is InChI=1S/C9H13N3O4/c1-5(2)7(8(13)14)12-4-6(10-11-12)9(15)16-3/h4-5,7H,1-3H3,(H,13,14). The highest BCUT2D eigenvalue weighted by Gasteiger charge is 2.25. The molecule has 7 heteroatoms. The molecular formula is C9H13N3O4. The molecule has 16 heavy (non-hydrogen) atoms. The SMILES string of the molecule is COC(=O)c1cn(C(C(=O)O)C(C)C)nn1. The summed E-state index contributed by atoms with van der Waals surface area (Å²) >= 11 is 0. The lowest BCUT2D eigenvalue weighted by atomic mass is 10.1. The second-order valence-corrected chi connectivity index (χ2v) is 3.60. The number of carboxylic acid groups (broad SMARTS) is 1. The van der Waals surface area contributed by atoms with Crippen LogP contribution >= 0.6 is 0 Å². The van der Waals surface area contributed by atoms with Crippen molar-refractivity contribution in [3.05, 3.63) is 11.9 Å². The van der Waals surface area contributed by atoms with E-state index in [1.807, 2.05) is 0 Å². The number of carbonyl (C=O) groups is 2. The highest BCUT2D eigenvalue weighted by Crippen LogP contribution is 2.16. The average Bonchev–Trinajstić information content (AvgIpc) is 2.64. The Morgan fingerprint density at radius 1 is 1.50 bits per heavy atom. The van der Waals surface area contributed by atoms with Crippen molar-refractivity contribution in [2.75, 3.05) is 7.11 Å². The third-order valence-corrected chi connectivity index (χ3v) is 2.07. The van der Waals surface area contributed by atoms with Gasteiger partial charge in [-0.2, -0.15) is 0 Å². The Morgan fingerprint density at radius 3 is 2.56 bits per heavy atom. The average molecular weight is 227 g/mol. The zero-order chi connectivity index (χ0) is 12.3. The van der Waals surface area contributed by atoms with Crippen molar-refractivity contribution in [2.45, 2.75) is 19.9 Å². The third-order valence-electron chi connectivity index (χ3n) is 2.07. The number of rotatable bonds is 4. The van der Waals surface area contributed by atoms with Crippen LogP contribution in [0.4, 0.5) is 0 Å².